The molecule has 0 bridgehead atoms. The van der Waals surface area contributed by atoms with Crippen molar-refractivity contribution in [3.8, 4) is 0 Å². The van der Waals surface area contributed by atoms with Gasteiger partial charge in [-0.25, -0.2) is 18.0 Å². The number of guanidine groups is 1. The highest BCUT2D eigenvalue weighted by Crippen LogP contribution is 2.13. The Hall–Kier alpha value is -5.81. The van der Waals surface area contributed by atoms with E-state index in [9.17, 15) is 32.4 Å². The molecule has 0 aliphatic heterocycles. The number of methoxy groups -OCH3 is 1. The summed E-state index contributed by atoms with van der Waals surface area (Å²) >= 11 is 0. The Morgan fingerprint density at radius 3 is 1.67 bits per heavy atom. The minimum Gasteiger partial charge on any atom is -0.468 e. The summed E-state index contributed by atoms with van der Waals surface area (Å²) in [4.78, 5) is 65.4. The lowest BCUT2D eigenvalue weighted by Crippen LogP contribution is -2.45. The molecule has 3 aromatic carbocycles. The van der Waals surface area contributed by atoms with Crippen LogP contribution in [0.5, 0.6) is 0 Å². The minimum absolute atomic E-state index is 0.0516. The van der Waals surface area contributed by atoms with E-state index >= 15 is 0 Å². The van der Waals surface area contributed by atoms with Crippen molar-refractivity contribution in [2.75, 3.05) is 27.2 Å². The van der Waals surface area contributed by atoms with Crippen LogP contribution in [0, 0.1) is 6.92 Å². The van der Waals surface area contributed by atoms with Crippen molar-refractivity contribution in [3.63, 3.8) is 0 Å². The SMILES string of the molecule is COC(=O)[C@H](CCCN=C(NC(=O)OCOC(=O)Cc1ccccc1)NC(=O)OCOC(=O)Cc1ccccc1)NS(=O)(=O)c1ccc(C)cc1. The number of esters is 3. The molecule has 0 aliphatic rings. The minimum atomic E-state index is -4.09. The standard InChI is InChI=1S/C34H38N4O12S/c1-24-15-17-27(18-16-24)51(44,45)38-28(31(41)46-2)14-9-19-35-32(36-33(42)49-22-47-29(39)20-25-10-5-3-6-11-25)37-34(43)50-23-48-30(40)21-26-12-7-4-8-13-26/h3-8,10-13,15-18,28,38H,9,14,19-23H2,1-2H3,(H2,35,36,37,42,43)/t28-/m0/s1. The first kappa shape index (κ1) is 39.6. The van der Waals surface area contributed by atoms with Crippen molar-refractivity contribution in [2.45, 2.75) is 43.5 Å². The topological polar surface area (TPSA) is 214 Å². The molecule has 51 heavy (non-hydrogen) atoms. The predicted molar refractivity (Wildman–Crippen MR) is 180 cm³/mol. The molecule has 0 fully saturated rings. The fourth-order valence-electron chi connectivity index (χ4n) is 4.13. The molecule has 3 aromatic rings. The van der Waals surface area contributed by atoms with Crippen molar-refractivity contribution in [3.05, 3.63) is 102 Å². The lowest BCUT2D eigenvalue weighted by Gasteiger charge is -2.16. The monoisotopic (exact) mass is 726 g/mol. The summed E-state index contributed by atoms with van der Waals surface area (Å²) in [5.41, 5.74) is 2.22. The first-order chi connectivity index (χ1) is 24.4. The van der Waals surface area contributed by atoms with Gasteiger partial charge in [0, 0.05) is 6.54 Å². The van der Waals surface area contributed by atoms with Crippen LogP contribution in [0.3, 0.4) is 0 Å². The molecule has 0 heterocycles. The highest BCUT2D eigenvalue weighted by Gasteiger charge is 2.26. The van der Waals surface area contributed by atoms with E-state index in [0.717, 1.165) is 12.7 Å². The summed E-state index contributed by atoms with van der Waals surface area (Å²) in [6, 6.07) is 22.2. The molecule has 3 rings (SSSR count). The van der Waals surface area contributed by atoms with Crippen LogP contribution in [0.25, 0.3) is 0 Å². The molecule has 1 atom stereocenters. The number of nitrogens with one attached hydrogen (secondary N) is 3. The van der Waals surface area contributed by atoms with E-state index in [4.69, 9.17) is 23.7 Å². The molecule has 16 nitrogen and oxygen atoms in total. The van der Waals surface area contributed by atoms with Crippen molar-refractivity contribution < 1.29 is 56.1 Å². The predicted octanol–water partition coefficient (Wildman–Crippen LogP) is 2.89. The molecular weight excluding hydrogens is 688 g/mol. The summed E-state index contributed by atoms with van der Waals surface area (Å²) in [6.07, 6.45) is -2.49. The second-order valence-corrected chi connectivity index (χ2v) is 12.3. The quantitative estimate of drug-likeness (QED) is 0.0485. The Morgan fingerprint density at radius 2 is 1.20 bits per heavy atom. The van der Waals surface area contributed by atoms with Crippen molar-refractivity contribution in [2.24, 2.45) is 4.99 Å². The van der Waals surface area contributed by atoms with Gasteiger partial charge in [0.25, 0.3) is 0 Å². The lowest BCUT2D eigenvalue weighted by atomic mass is 10.2. The van der Waals surface area contributed by atoms with Gasteiger partial charge in [0.2, 0.25) is 29.6 Å². The van der Waals surface area contributed by atoms with Crippen LogP contribution in [0.2, 0.25) is 0 Å². The molecule has 17 heteroatoms. The summed E-state index contributed by atoms with van der Waals surface area (Å²) in [7, 11) is -2.98. The molecule has 0 aromatic heterocycles. The Bertz CT molecular complexity index is 1680. The number of ether oxygens (including phenoxy) is 5. The summed E-state index contributed by atoms with van der Waals surface area (Å²) < 4.78 is 52.3. The smallest absolute Gasteiger partial charge is 0.416 e. The number of carbonyl (C=O) groups excluding carboxylic acids is 5. The van der Waals surface area contributed by atoms with Crippen LogP contribution in [0.1, 0.15) is 29.5 Å². The molecule has 0 radical (unpaired) electrons. The van der Waals surface area contributed by atoms with Crippen LogP contribution in [-0.4, -0.2) is 77.8 Å². The first-order valence-corrected chi connectivity index (χ1v) is 16.9. The van der Waals surface area contributed by atoms with Gasteiger partial charge >= 0.3 is 30.1 Å². The van der Waals surface area contributed by atoms with E-state index in [1.54, 1.807) is 79.7 Å². The lowest BCUT2D eigenvalue weighted by molar-refractivity contribution is -0.152. The average Bonchev–Trinajstić information content (AvgIpc) is 3.10. The second kappa shape index (κ2) is 20.6. The number of aryl methyl sites for hydroxylation is 1. The largest absolute Gasteiger partial charge is 0.468 e. The Labute approximate surface area is 294 Å². The van der Waals surface area contributed by atoms with E-state index < -0.39 is 65.7 Å². The number of amides is 2. The summed E-state index contributed by atoms with van der Waals surface area (Å²) in [5.74, 6) is -2.65. The van der Waals surface area contributed by atoms with Gasteiger partial charge in [0.15, 0.2) is 0 Å². The molecule has 3 N–H and O–H groups in total. The van der Waals surface area contributed by atoms with Gasteiger partial charge in [-0.05, 0) is 43.0 Å². The highest BCUT2D eigenvalue weighted by atomic mass is 32.2. The fourth-order valence-corrected chi connectivity index (χ4v) is 5.35. The number of rotatable bonds is 16. The molecule has 0 saturated carbocycles. The fraction of sp³-hybridized carbons (Fsp3) is 0.294. The van der Waals surface area contributed by atoms with Gasteiger partial charge in [0.1, 0.15) is 6.04 Å². The van der Waals surface area contributed by atoms with Crippen LogP contribution < -0.4 is 15.4 Å². The third kappa shape index (κ3) is 15.1. The number of alkyl carbamates (subject to hydrolysis) is 2. The zero-order valence-electron chi connectivity index (χ0n) is 27.9. The number of benzene rings is 3. The maximum Gasteiger partial charge on any atom is 0.416 e. The van der Waals surface area contributed by atoms with Crippen molar-refractivity contribution in [1.29, 1.82) is 0 Å². The first-order valence-electron chi connectivity index (χ1n) is 15.4. The number of carbonyl (C=O) groups is 5. The third-order valence-electron chi connectivity index (χ3n) is 6.68. The number of nitrogens with zero attached hydrogens (tertiary/aromatic N) is 1. The van der Waals surface area contributed by atoms with Crippen LogP contribution in [-0.2, 0) is 60.9 Å². The third-order valence-corrected chi connectivity index (χ3v) is 8.17. The molecule has 2 amide bonds. The zero-order chi connectivity index (χ0) is 37.1. The van der Waals surface area contributed by atoms with E-state index in [2.05, 4.69) is 20.3 Å². The van der Waals surface area contributed by atoms with Gasteiger partial charge in [-0.1, -0.05) is 78.4 Å². The van der Waals surface area contributed by atoms with E-state index in [1.165, 1.54) is 12.1 Å². The molecule has 0 saturated heterocycles. The van der Waals surface area contributed by atoms with E-state index in [-0.39, 0.29) is 37.1 Å². The van der Waals surface area contributed by atoms with Crippen molar-refractivity contribution >= 4 is 46.1 Å². The molecule has 272 valence electrons. The molecule has 0 spiro atoms. The van der Waals surface area contributed by atoms with Gasteiger partial charge in [-0.15, -0.1) is 0 Å². The Kier molecular flexibility index (Phi) is 16.0. The van der Waals surface area contributed by atoms with Crippen LogP contribution in [0.15, 0.2) is 94.8 Å². The average molecular weight is 727 g/mol. The second-order valence-electron chi connectivity index (χ2n) is 10.6. The number of sulfonamides is 1. The van der Waals surface area contributed by atoms with Gasteiger partial charge in [-0.3, -0.25) is 30.0 Å². The van der Waals surface area contributed by atoms with Crippen LogP contribution >= 0.6 is 0 Å². The summed E-state index contributed by atoms with van der Waals surface area (Å²) in [6.45, 7) is 0.125. The van der Waals surface area contributed by atoms with E-state index in [1.807, 2.05) is 0 Å². The highest BCUT2D eigenvalue weighted by molar-refractivity contribution is 7.89. The number of aliphatic imine (C=N–C) groups is 1. The molecular formula is C34H38N4O12S. The molecule has 0 unspecified atom stereocenters. The normalized spacial score (nSPS) is 11.3. The van der Waals surface area contributed by atoms with Crippen molar-refractivity contribution in [1.82, 2.24) is 15.4 Å². The van der Waals surface area contributed by atoms with Gasteiger partial charge in [0.05, 0.1) is 24.8 Å². The van der Waals surface area contributed by atoms with Crippen LogP contribution in [0.4, 0.5) is 9.59 Å². The maximum absolute atomic E-state index is 12.9. The maximum atomic E-state index is 12.9. The zero-order valence-corrected chi connectivity index (χ0v) is 28.7. The number of hydrogen-bond donors (Lipinski definition) is 3. The molecule has 0 aliphatic carbocycles. The van der Waals surface area contributed by atoms with Gasteiger partial charge in [-0.2, -0.15) is 4.72 Å². The Morgan fingerprint density at radius 1 is 0.706 bits per heavy atom. The summed E-state index contributed by atoms with van der Waals surface area (Å²) in [5, 5.41) is 4.33. The number of hydrogen-bond acceptors (Lipinski definition) is 13. The van der Waals surface area contributed by atoms with Gasteiger partial charge < -0.3 is 23.7 Å². The Balaban J connectivity index is 1.57. The van der Waals surface area contributed by atoms with E-state index in [0.29, 0.717) is 11.1 Å².